The zero-order valence-corrected chi connectivity index (χ0v) is 8.64. The van der Waals surface area contributed by atoms with Crippen LogP contribution in [0.5, 0.6) is 0 Å². The Morgan fingerprint density at radius 2 is 1.87 bits per heavy atom. The first-order chi connectivity index (χ1) is 6.77. The number of rotatable bonds is 5. The molecule has 2 atom stereocenters. The summed E-state index contributed by atoms with van der Waals surface area (Å²) in [4.78, 5) is 33.5. The molecule has 7 heteroatoms. The fraction of sp³-hybridized carbons (Fsp3) is 0.625. The normalized spacial score (nSPS) is 14.1. The number of aliphatic carboxylic acids is 1. The van der Waals surface area contributed by atoms with E-state index in [0.717, 1.165) is 4.90 Å². The monoisotopic (exact) mass is 217 g/mol. The van der Waals surface area contributed by atoms with Crippen molar-refractivity contribution in [2.75, 3.05) is 7.05 Å². The predicted molar refractivity (Wildman–Crippen MR) is 51.7 cm³/mol. The second-order valence-corrected chi connectivity index (χ2v) is 3.24. The Morgan fingerprint density at radius 1 is 1.40 bits per heavy atom. The summed E-state index contributed by atoms with van der Waals surface area (Å²) < 4.78 is 0. The molecule has 0 aromatic rings. The molecule has 0 aliphatic rings. The zero-order valence-electron chi connectivity index (χ0n) is 8.64. The lowest BCUT2D eigenvalue weighted by molar-refractivity contribution is -0.148. The van der Waals surface area contributed by atoms with Crippen LogP contribution in [-0.4, -0.2) is 46.9 Å². The first-order valence-corrected chi connectivity index (χ1v) is 4.30. The van der Waals surface area contributed by atoms with Crippen LogP contribution in [0.25, 0.3) is 0 Å². The highest BCUT2D eigenvalue weighted by atomic mass is 16.4. The molecule has 7 nitrogen and oxygen atoms in total. The molecule has 0 radical (unpaired) electrons. The third-order valence-electron chi connectivity index (χ3n) is 2.02. The molecule has 0 spiro atoms. The quantitative estimate of drug-likeness (QED) is 0.496. The van der Waals surface area contributed by atoms with Crippen LogP contribution in [0.15, 0.2) is 0 Å². The Balaban J connectivity index is 4.43. The van der Waals surface area contributed by atoms with E-state index < -0.39 is 29.9 Å². The van der Waals surface area contributed by atoms with Gasteiger partial charge in [-0.2, -0.15) is 0 Å². The van der Waals surface area contributed by atoms with Crippen molar-refractivity contribution in [3.8, 4) is 0 Å². The van der Waals surface area contributed by atoms with Gasteiger partial charge in [-0.15, -0.1) is 0 Å². The maximum Gasteiger partial charge on any atom is 0.326 e. The SMILES string of the molecule is CC(C(=O)O)N(C)C(=O)C(N)CC(N)=O. The molecule has 0 saturated carbocycles. The summed E-state index contributed by atoms with van der Waals surface area (Å²) >= 11 is 0. The number of primary amides is 1. The van der Waals surface area contributed by atoms with Crippen molar-refractivity contribution >= 4 is 17.8 Å². The average Bonchev–Trinajstić information content (AvgIpc) is 2.13. The lowest BCUT2D eigenvalue weighted by Crippen LogP contribution is -2.49. The fourth-order valence-corrected chi connectivity index (χ4v) is 0.922. The molecule has 15 heavy (non-hydrogen) atoms. The van der Waals surface area contributed by atoms with Gasteiger partial charge in [0.2, 0.25) is 11.8 Å². The summed E-state index contributed by atoms with van der Waals surface area (Å²) in [5.74, 6) is -2.46. The Kier molecular flexibility index (Phi) is 4.72. The molecule has 0 aromatic heterocycles. The molecule has 0 fully saturated rings. The van der Waals surface area contributed by atoms with Gasteiger partial charge in [0, 0.05) is 7.05 Å². The summed E-state index contributed by atoms with van der Waals surface area (Å²) in [6.07, 6.45) is -0.296. The van der Waals surface area contributed by atoms with Gasteiger partial charge in [-0.3, -0.25) is 9.59 Å². The molecule has 0 aliphatic carbocycles. The van der Waals surface area contributed by atoms with Gasteiger partial charge in [-0.25, -0.2) is 4.79 Å². The minimum absolute atomic E-state index is 0.296. The fourth-order valence-electron chi connectivity index (χ4n) is 0.922. The first kappa shape index (κ1) is 13.4. The Labute approximate surface area is 87.0 Å². The number of carboxylic acids is 1. The highest BCUT2D eigenvalue weighted by Crippen LogP contribution is 2.00. The van der Waals surface area contributed by atoms with E-state index >= 15 is 0 Å². The van der Waals surface area contributed by atoms with Gasteiger partial charge < -0.3 is 21.5 Å². The van der Waals surface area contributed by atoms with Crippen molar-refractivity contribution in [2.24, 2.45) is 11.5 Å². The van der Waals surface area contributed by atoms with Crippen LogP contribution in [0.1, 0.15) is 13.3 Å². The lowest BCUT2D eigenvalue weighted by Gasteiger charge is -2.24. The molecule has 0 aromatic carbocycles. The maximum absolute atomic E-state index is 11.5. The molecule has 0 saturated heterocycles. The van der Waals surface area contributed by atoms with Crippen molar-refractivity contribution in [3.05, 3.63) is 0 Å². The number of nitrogens with zero attached hydrogens (tertiary/aromatic N) is 1. The summed E-state index contributed by atoms with van der Waals surface area (Å²) in [5, 5.41) is 8.64. The van der Waals surface area contributed by atoms with E-state index in [-0.39, 0.29) is 6.42 Å². The van der Waals surface area contributed by atoms with Gasteiger partial charge >= 0.3 is 5.97 Å². The second-order valence-electron chi connectivity index (χ2n) is 3.24. The largest absolute Gasteiger partial charge is 0.480 e. The summed E-state index contributed by atoms with van der Waals surface area (Å²) in [5.41, 5.74) is 10.2. The van der Waals surface area contributed by atoms with Crippen molar-refractivity contribution in [1.29, 1.82) is 0 Å². The Hall–Kier alpha value is -1.63. The van der Waals surface area contributed by atoms with E-state index in [1.54, 1.807) is 0 Å². The number of hydrogen-bond acceptors (Lipinski definition) is 4. The topological polar surface area (TPSA) is 127 Å². The minimum Gasteiger partial charge on any atom is -0.480 e. The van der Waals surface area contributed by atoms with Gasteiger partial charge in [0.1, 0.15) is 6.04 Å². The Bertz CT molecular complexity index is 279. The van der Waals surface area contributed by atoms with Gasteiger partial charge in [0.25, 0.3) is 0 Å². The predicted octanol–water partition coefficient (Wildman–Crippen LogP) is -1.88. The number of hydrogen-bond donors (Lipinski definition) is 3. The van der Waals surface area contributed by atoms with Gasteiger partial charge in [0.05, 0.1) is 12.5 Å². The number of amides is 2. The smallest absolute Gasteiger partial charge is 0.326 e. The first-order valence-electron chi connectivity index (χ1n) is 4.30. The second kappa shape index (κ2) is 5.30. The van der Waals surface area contributed by atoms with Crippen LogP contribution < -0.4 is 11.5 Å². The van der Waals surface area contributed by atoms with Crippen LogP contribution in [0.3, 0.4) is 0 Å². The number of carbonyl (C=O) groups excluding carboxylic acids is 2. The van der Waals surface area contributed by atoms with Gasteiger partial charge in [-0.1, -0.05) is 0 Å². The van der Waals surface area contributed by atoms with E-state index in [2.05, 4.69) is 0 Å². The maximum atomic E-state index is 11.5. The highest BCUT2D eigenvalue weighted by molar-refractivity contribution is 5.90. The number of likely N-dealkylation sites (N-methyl/N-ethyl adjacent to an activating group) is 1. The van der Waals surface area contributed by atoms with Crippen molar-refractivity contribution in [1.82, 2.24) is 4.90 Å². The van der Waals surface area contributed by atoms with Crippen LogP contribution >= 0.6 is 0 Å². The standard InChI is InChI=1S/C8H15N3O4/c1-4(8(14)15)11(2)7(13)5(9)3-6(10)12/h4-5H,3,9H2,1-2H3,(H2,10,12)(H,14,15). The average molecular weight is 217 g/mol. The van der Waals surface area contributed by atoms with Gasteiger partial charge in [0.15, 0.2) is 0 Å². The van der Waals surface area contributed by atoms with Crippen LogP contribution in [-0.2, 0) is 14.4 Å². The van der Waals surface area contributed by atoms with Crippen LogP contribution in [0, 0.1) is 0 Å². The molecule has 5 N–H and O–H groups in total. The molecule has 0 aliphatic heterocycles. The molecular weight excluding hydrogens is 202 g/mol. The molecule has 0 rings (SSSR count). The van der Waals surface area contributed by atoms with Gasteiger partial charge in [-0.05, 0) is 6.92 Å². The third-order valence-corrected chi connectivity index (χ3v) is 2.02. The van der Waals surface area contributed by atoms with Crippen molar-refractivity contribution in [2.45, 2.75) is 25.4 Å². The van der Waals surface area contributed by atoms with E-state index in [0.29, 0.717) is 0 Å². The molecule has 0 heterocycles. The molecule has 0 bridgehead atoms. The van der Waals surface area contributed by atoms with Crippen molar-refractivity contribution < 1.29 is 19.5 Å². The van der Waals surface area contributed by atoms with Crippen LogP contribution in [0.4, 0.5) is 0 Å². The van der Waals surface area contributed by atoms with Crippen molar-refractivity contribution in [3.63, 3.8) is 0 Å². The molecule has 2 amide bonds. The number of carbonyl (C=O) groups is 3. The van der Waals surface area contributed by atoms with E-state index in [1.807, 2.05) is 0 Å². The lowest BCUT2D eigenvalue weighted by atomic mass is 10.1. The highest BCUT2D eigenvalue weighted by Gasteiger charge is 2.26. The van der Waals surface area contributed by atoms with E-state index in [4.69, 9.17) is 16.6 Å². The zero-order chi connectivity index (χ0) is 12.2. The van der Waals surface area contributed by atoms with E-state index in [1.165, 1.54) is 14.0 Å². The third kappa shape index (κ3) is 3.94. The van der Waals surface area contributed by atoms with E-state index in [9.17, 15) is 14.4 Å². The summed E-state index contributed by atoms with van der Waals surface area (Å²) in [6, 6.07) is -2.08. The molecule has 86 valence electrons. The summed E-state index contributed by atoms with van der Waals surface area (Å²) in [7, 11) is 1.31. The molecular formula is C8H15N3O4. The minimum atomic E-state index is -1.14. The molecule has 2 unspecified atom stereocenters. The van der Waals surface area contributed by atoms with Crippen LogP contribution in [0.2, 0.25) is 0 Å². The number of carboxylic acid groups (broad SMARTS) is 1. The number of nitrogens with two attached hydrogens (primary N) is 2. The summed E-state index contributed by atoms with van der Waals surface area (Å²) in [6.45, 7) is 1.34. The Morgan fingerprint density at radius 3 is 2.20 bits per heavy atom.